The summed E-state index contributed by atoms with van der Waals surface area (Å²) < 4.78 is 10.1. The van der Waals surface area contributed by atoms with Gasteiger partial charge in [-0.1, -0.05) is 59.6 Å². The molecule has 10 heteroatoms. The molecule has 2 unspecified atom stereocenters. The third kappa shape index (κ3) is 6.98. The second-order valence-electron chi connectivity index (χ2n) is 13.4. The molecule has 6 nitrogen and oxygen atoms in total. The van der Waals surface area contributed by atoms with E-state index in [0.29, 0.717) is 24.4 Å². The van der Waals surface area contributed by atoms with Crippen molar-refractivity contribution in [2.75, 3.05) is 26.2 Å². The summed E-state index contributed by atoms with van der Waals surface area (Å²) in [5.41, 5.74) is 1.94. The number of carbonyl (C=O) groups excluding carboxylic acids is 1. The van der Waals surface area contributed by atoms with E-state index < -0.39 is 5.60 Å². The van der Waals surface area contributed by atoms with Gasteiger partial charge in [0.1, 0.15) is 5.60 Å². The van der Waals surface area contributed by atoms with Gasteiger partial charge in [0.25, 0.3) is 0 Å². The van der Waals surface area contributed by atoms with Crippen molar-refractivity contribution >= 4 is 81.1 Å². The van der Waals surface area contributed by atoms with Crippen LogP contribution in [-0.2, 0) is 4.74 Å². The van der Waals surface area contributed by atoms with Gasteiger partial charge in [-0.25, -0.2) is 14.8 Å². The van der Waals surface area contributed by atoms with Gasteiger partial charge in [-0.15, -0.1) is 22.7 Å². The minimum absolute atomic E-state index is 0.0258. The van der Waals surface area contributed by atoms with Crippen LogP contribution in [0.5, 0.6) is 0 Å². The molecule has 6 rings (SSSR count). The van der Waals surface area contributed by atoms with Gasteiger partial charge in [0.15, 0.2) is 0 Å². The monoisotopic (exact) mass is 720 g/mol. The minimum atomic E-state index is -0.471. The average molecular weight is 723 g/mol. The average Bonchev–Trinajstić information content (AvgIpc) is 3.60. The zero-order valence-electron chi connectivity index (χ0n) is 24.7. The zero-order chi connectivity index (χ0) is 29.7. The summed E-state index contributed by atoms with van der Waals surface area (Å²) in [6.45, 7) is 18.2. The van der Waals surface area contributed by atoms with Gasteiger partial charge in [-0.2, -0.15) is 0 Å². The van der Waals surface area contributed by atoms with E-state index in [0.717, 1.165) is 38.1 Å². The number of aromatic nitrogens is 2. The molecule has 1 N–H and O–H groups in total. The maximum atomic E-state index is 12.4. The number of nitrogens with zero attached hydrogens (tertiary/aromatic N) is 3. The molecule has 2 aliphatic heterocycles. The Bertz CT molecular complexity index is 1570. The molecule has 0 bridgehead atoms. The van der Waals surface area contributed by atoms with Crippen molar-refractivity contribution in [3.63, 3.8) is 0 Å². The lowest BCUT2D eigenvalue weighted by Crippen LogP contribution is -2.36. The van der Waals surface area contributed by atoms with Crippen molar-refractivity contribution in [2.45, 2.75) is 65.9 Å². The summed E-state index contributed by atoms with van der Waals surface area (Å²) in [4.78, 5) is 23.9. The highest BCUT2D eigenvalue weighted by Crippen LogP contribution is 2.45. The van der Waals surface area contributed by atoms with Crippen molar-refractivity contribution in [1.82, 2.24) is 20.2 Å². The Morgan fingerprint density at radius 1 is 0.927 bits per heavy atom. The second-order valence-corrected chi connectivity index (χ2v) is 17.4. The lowest BCUT2D eigenvalue weighted by atomic mass is 9.82. The predicted molar refractivity (Wildman–Crippen MR) is 178 cm³/mol. The molecule has 4 aromatic rings. The van der Waals surface area contributed by atoms with Crippen LogP contribution in [0.3, 0.4) is 0 Å². The highest BCUT2D eigenvalue weighted by atomic mass is 79.9. The Hall–Kier alpha value is -1.59. The molecule has 4 heterocycles. The fourth-order valence-electron chi connectivity index (χ4n) is 5.51. The van der Waals surface area contributed by atoms with Crippen molar-refractivity contribution in [2.24, 2.45) is 10.8 Å². The number of nitrogens with one attached hydrogen (secondary N) is 1. The highest BCUT2D eigenvalue weighted by molar-refractivity contribution is 9.10. The van der Waals surface area contributed by atoms with Crippen LogP contribution in [0.15, 0.2) is 45.3 Å². The number of hydrogen-bond donors (Lipinski definition) is 1. The van der Waals surface area contributed by atoms with Crippen LogP contribution in [0.4, 0.5) is 4.79 Å². The largest absolute Gasteiger partial charge is 0.444 e. The first kappa shape index (κ1) is 30.9. The SMILES string of the molecule is CC(C)(C)OC(=O)N1CC(c2nc3cc(Br)ccc3s2)C(C)(C)C1.CC1(C)CNCC1c1nc2cc(Br)ccc2s1. The van der Waals surface area contributed by atoms with E-state index >= 15 is 0 Å². The Morgan fingerprint density at radius 3 is 1.95 bits per heavy atom. The molecular weight excluding hydrogens is 684 g/mol. The molecule has 220 valence electrons. The first-order chi connectivity index (χ1) is 19.1. The number of amides is 1. The molecule has 2 aromatic carbocycles. The van der Waals surface area contributed by atoms with E-state index in [1.54, 1.807) is 11.3 Å². The van der Waals surface area contributed by atoms with Gasteiger partial charge in [0.2, 0.25) is 0 Å². The summed E-state index contributed by atoms with van der Waals surface area (Å²) in [5, 5.41) is 5.84. The van der Waals surface area contributed by atoms with Crippen molar-refractivity contribution in [1.29, 1.82) is 0 Å². The molecule has 41 heavy (non-hydrogen) atoms. The normalized spacial score (nSPS) is 21.7. The van der Waals surface area contributed by atoms with Crippen LogP contribution in [0.2, 0.25) is 0 Å². The molecule has 2 atom stereocenters. The van der Waals surface area contributed by atoms with E-state index in [9.17, 15) is 4.79 Å². The second kappa shape index (κ2) is 11.5. The van der Waals surface area contributed by atoms with Gasteiger partial charge >= 0.3 is 6.09 Å². The van der Waals surface area contributed by atoms with Crippen LogP contribution in [-0.4, -0.2) is 52.7 Å². The maximum absolute atomic E-state index is 12.4. The number of halogens is 2. The quantitative estimate of drug-likeness (QED) is 0.224. The molecule has 2 aliphatic rings. The Kier molecular flexibility index (Phi) is 8.64. The summed E-state index contributed by atoms with van der Waals surface area (Å²) in [7, 11) is 0. The van der Waals surface area contributed by atoms with Crippen molar-refractivity contribution in [3.8, 4) is 0 Å². The van der Waals surface area contributed by atoms with Crippen molar-refractivity contribution < 1.29 is 9.53 Å². The zero-order valence-corrected chi connectivity index (χ0v) is 29.5. The molecule has 1 amide bonds. The lowest BCUT2D eigenvalue weighted by Gasteiger charge is -2.25. The van der Waals surface area contributed by atoms with Crippen LogP contribution in [0.25, 0.3) is 20.4 Å². The number of fused-ring (bicyclic) bond motifs is 2. The van der Waals surface area contributed by atoms with E-state index in [1.807, 2.05) is 49.1 Å². The maximum Gasteiger partial charge on any atom is 0.410 e. The Morgan fingerprint density at radius 2 is 1.46 bits per heavy atom. The fourth-order valence-corrected chi connectivity index (χ4v) is 8.71. The predicted octanol–water partition coefficient (Wildman–Crippen LogP) is 9.19. The highest BCUT2D eigenvalue weighted by Gasteiger charge is 2.44. The van der Waals surface area contributed by atoms with Crippen LogP contribution in [0, 0.1) is 10.8 Å². The first-order valence-electron chi connectivity index (χ1n) is 13.9. The molecule has 0 saturated carbocycles. The van der Waals surface area contributed by atoms with E-state index in [4.69, 9.17) is 14.7 Å². The first-order valence-corrected chi connectivity index (χ1v) is 17.1. The Labute approximate surface area is 267 Å². The minimum Gasteiger partial charge on any atom is -0.444 e. The lowest BCUT2D eigenvalue weighted by molar-refractivity contribution is 0.0278. The molecule has 0 radical (unpaired) electrons. The van der Waals surface area contributed by atoms with Crippen LogP contribution in [0.1, 0.15) is 70.3 Å². The number of ether oxygens (including phenoxy) is 1. The topological polar surface area (TPSA) is 67.3 Å². The van der Waals surface area contributed by atoms with E-state index in [2.05, 4.69) is 89.1 Å². The van der Waals surface area contributed by atoms with Gasteiger partial charge in [-0.3, -0.25) is 0 Å². The summed E-state index contributed by atoms with van der Waals surface area (Å²) in [5.74, 6) is 0.764. The van der Waals surface area contributed by atoms with Crippen molar-refractivity contribution in [3.05, 3.63) is 55.4 Å². The smallest absolute Gasteiger partial charge is 0.410 e. The fraction of sp³-hybridized carbons (Fsp3) is 0.516. The number of likely N-dealkylation sites (tertiary alicyclic amines) is 1. The molecule has 0 spiro atoms. The third-order valence-electron chi connectivity index (χ3n) is 7.80. The molecule has 2 fully saturated rings. The number of hydrogen-bond acceptors (Lipinski definition) is 7. The van der Waals surface area contributed by atoms with Crippen LogP contribution < -0.4 is 5.32 Å². The summed E-state index contributed by atoms with van der Waals surface area (Å²) in [6, 6.07) is 12.5. The number of thiazole rings is 2. The summed E-state index contributed by atoms with van der Waals surface area (Å²) >= 11 is 10.6. The van der Waals surface area contributed by atoms with Gasteiger partial charge in [0.05, 0.1) is 30.4 Å². The standard InChI is InChI=1S/C18H23BrN2O2S.C13H15BrN2S/c1-17(2,3)23-16(22)21-9-12(18(4,5)10-21)15-20-13-8-11(19)6-7-14(13)24-15;1-13(2)7-15-6-9(13)12-16-10-5-8(14)3-4-11(10)17-12/h6-8,12H,9-10H2,1-5H3;3-5,9,15H,6-7H2,1-2H3. The molecular formula is C31H38Br2N4O2S2. The third-order valence-corrected chi connectivity index (χ3v) is 11.1. The summed E-state index contributed by atoms with van der Waals surface area (Å²) in [6.07, 6.45) is -0.234. The number of rotatable bonds is 2. The Balaban J connectivity index is 0.000000174. The van der Waals surface area contributed by atoms with E-state index in [1.165, 1.54) is 14.4 Å². The van der Waals surface area contributed by atoms with Gasteiger partial charge in [0, 0.05) is 47.0 Å². The van der Waals surface area contributed by atoms with Crippen LogP contribution >= 0.6 is 54.5 Å². The van der Waals surface area contributed by atoms with E-state index in [-0.39, 0.29) is 17.4 Å². The van der Waals surface area contributed by atoms with Gasteiger partial charge < -0.3 is 15.0 Å². The molecule has 2 saturated heterocycles. The number of benzene rings is 2. The van der Waals surface area contributed by atoms with Gasteiger partial charge in [-0.05, 0) is 68.0 Å². The number of carbonyl (C=O) groups is 1. The molecule has 0 aliphatic carbocycles. The molecule has 2 aromatic heterocycles.